The number of nitrogens with one attached hydrogen (secondary N) is 1. The van der Waals surface area contributed by atoms with E-state index in [1.54, 1.807) is 12.1 Å². The Morgan fingerprint density at radius 2 is 1.26 bits per heavy atom. The van der Waals surface area contributed by atoms with Crippen LogP contribution >= 0.6 is 0 Å². The van der Waals surface area contributed by atoms with Crippen molar-refractivity contribution in [2.75, 3.05) is 19.7 Å². The van der Waals surface area contributed by atoms with Crippen molar-refractivity contribution in [3.8, 4) is 0 Å². The van der Waals surface area contributed by atoms with Gasteiger partial charge in [-0.3, -0.25) is 0 Å². The van der Waals surface area contributed by atoms with Crippen molar-refractivity contribution in [1.29, 1.82) is 0 Å². The van der Waals surface area contributed by atoms with E-state index in [0.29, 0.717) is 12.5 Å². The molecule has 10 heteroatoms. The zero-order valence-corrected chi connectivity index (χ0v) is 18.3. The third kappa shape index (κ3) is 8.30. The minimum Gasteiger partial charge on any atom is -0.478 e. The number of carboxylic acid groups (broad SMARTS) is 2. The number of hydrogen-bond acceptors (Lipinski definition) is 8. The van der Waals surface area contributed by atoms with Gasteiger partial charge in [-0.05, 0) is 49.6 Å². The van der Waals surface area contributed by atoms with Crippen LogP contribution < -0.4 is 5.32 Å². The Kier molecular flexibility index (Phi) is 10.7. The Morgan fingerprint density at radius 3 is 1.56 bits per heavy atom. The zero-order chi connectivity index (χ0) is 24.9. The number of benzene rings is 2. The summed E-state index contributed by atoms with van der Waals surface area (Å²) in [5.41, 5.74) is 0.0505. The first-order valence-corrected chi connectivity index (χ1v) is 10.6. The van der Waals surface area contributed by atoms with Crippen molar-refractivity contribution in [3.63, 3.8) is 0 Å². The summed E-state index contributed by atoms with van der Waals surface area (Å²) < 4.78 is 9.52. The highest BCUT2D eigenvalue weighted by Gasteiger charge is 2.41. The molecule has 0 spiro atoms. The van der Waals surface area contributed by atoms with Gasteiger partial charge in [0.15, 0.2) is 0 Å². The number of aliphatic carboxylic acids is 2. The topological polar surface area (TPSA) is 159 Å². The summed E-state index contributed by atoms with van der Waals surface area (Å²) in [5.74, 6) is -5.10. The summed E-state index contributed by atoms with van der Waals surface area (Å²) in [4.78, 5) is 46.8. The van der Waals surface area contributed by atoms with Crippen molar-refractivity contribution in [3.05, 3.63) is 71.8 Å². The lowest BCUT2D eigenvalue weighted by Gasteiger charge is -2.21. The van der Waals surface area contributed by atoms with Crippen molar-refractivity contribution < 1.29 is 44.0 Å². The van der Waals surface area contributed by atoms with Gasteiger partial charge in [0.1, 0.15) is 0 Å². The Labute approximate surface area is 196 Å². The van der Waals surface area contributed by atoms with Gasteiger partial charge in [0.25, 0.3) is 0 Å². The second-order valence-electron chi connectivity index (χ2n) is 7.46. The number of ether oxygens (including phenoxy) is 2. The number of hydrogen-bond donors (Lipinski definition) is 4. The summed E-state index contributed by atoms with van der Waals surface area (Å²) >= 11 is 0. The van der Waals surface area contributed by atoms with Crippen LogP contribution in [-0.2, 0) is 19.1 Å². The molecule has 0 aliphatic carbocycles. The van der Waals surface area contributed by atoms with Crippen molar-refractivity contribution in [2.24, 2.45) is 5.92 Å². The van der Waals surface area contributed by atoms with E-state index in [-0.39, 0.29) is 11.1 Å². The average molecular weight is 473 g/mol. The lowest BCUT2D eigenvalue weighted by molar-refractivity contribution is -0.166. The molecule has 2 unspecified atom stereocenters. The third-order valence-corrected chi connectivity index (χ3v) is 4.91. The van der Waals surface area contributed by atoms with Crippen LogP contribution in [0.25, 0.3) is 0 Å². The van der Waals surface area contributed by atoms with Crippen LogP contribution in [0.1, 0.15) is 33.6 Å². The molecular weight excluding hydrogens is 446 g/mol. The summed E-state index contributed by atoms with van der Waals surface area (Å²) in [7, 11) is 0. The summed E-state index contributed by atoms with van der Waals surface area (Å²) in [5, 5.41) is 30.4. The Bertz CT molecular complexity index is 874. The minimum atomic E-state index is -2.21. The fourth-order valence-electron chi connectivity index (χ4n) is 3.08. The second kappa shape index (κ2) is 13.7. The monoisotopic (exact) mass is 473 g/mol. The van der Waals surface area contributed by atoms with Gasteiger partial charge in [-0.1, -0.05) is 36.4 Å². The molecule has 0 bridgehead atoms. The number of aliphatic hydroxyl groups excluding tert-OH is 1. The van der Waals surface area contributed by atoms with Gasteiger partial charge in [-0.2, -0.15) is 0 Å². The van der Waals surface area contributed by atoms with E-state index in [9.17, 15) is 29.4 Å². The second-order valence-corrected chi connectivity index (χ2v) is 7.46. The summed E-state index contributed by atoms with van der Waals surface area (Å²) in [6.45, 7) is 2.50. The number of carbonyl (C=O) groups excluding carboxylic acids is 2. The maximum absolute atomic E-state index is 12.0. The van der Waals surface area contributed by atoms with Crippen LogP contribution in [0.4, 0.5) is 0 Å². The number of esters is 2. The molecule has 3 rings (SSSR count). The SMILES string of the molecule is O=C(OC(C(=O)O)C(OC(=O)c1ccccc1)C(=O)O)c1ccccc1.OC[C@H]1CCCNC1. The highest BCUT2D eigenvalue weighted by Crippen LogP contribution is 2.13. The molecule has 2 aromatic rings. The summed E-state index contributed by atoms with van der Waals surface area (Å²) in [6, 6.07) is 14.8. The largest absolute Gasteiger partial charge is 0.478 e. The van der Waals surface area contributed by atoms with Gasteiger partial charge in [0.05, 0.1) is 11.1 Å². The smallest absolute Gasteiger partial charge is 0.349 e. The van der Waals surface area contributed by atoms with Crippen molar-refractivity contribution in [1.82, 2.24) is 5.32 Å². The van der Waals surface area contributed by atoms with E-state index in [1.165, 1.54) is 61.4 Å². The van der Waals surface area contributed by atoms with E-state index < -0.39 is 36.1 Å². The molecule has 1 aliphatic rings. The van der Waals surface area contributed by atoms with Gasteiger partial charge < -0.3 is 30.1 Å². The minimum absolute atomic E-state index is 0.0253. The highest BCUT2D eigenvalue weighted by molar-refractivity contribution is 5.95. The van der Waals surface area contributed by atoms with Gasteiger partial charge in [-0.15, -0.1) is 0 Å². The van der Waals surface area contributed by atoms with Crippen LogP contribution in [0.2, 0.25) is 0 Å². The first-order valence-electron chi connectivity index (χ1n) is 10.6. The molecule has 0 saturated carbocycles. The third-order valence-electron chi connectivity index (χ3n) is 4.91. The average Bonchev–Trinajstić information content (AvgIpc) is 2.87. The lowest BCUT2D eigenvalue weighted by Crippen LogP contribution is -2.45. The molecule has 4 N–H and O–H groups in total. The Balaban J connectivity index is 0.000000430. The van der Waals surface area contributed by atoms with Gasteiger partial charge in [-0.25, -0.2) is 19.2 Å². The van der Waals surface area contributed by atoms with Crippen LogP contribution in [-0.4, -0.2) is 71.1 Å². The molecule has 1 fully saturated rings. The van der Waals surface area contributed by atoms with Gasteiger partial charge >= 0.3 is 23.9 Å². The van der Waals surface area contributed by atoms with Crippen LogP contribution in [0.3, 0.4) is 0 Å². The van der Waals surface area contributed by atoms with Crippen molar-refractivity contribution >= 4 is 23.9 Å². The molecular formula is C24H27NO9. The number of rotatable bonds is 8. The van der Waals surface area contributed by atoms with E-state index in [1.807, 2.05) is 0 Å². The van der Waals surface area contributed by atoms with Crippen LogP contribution in [0.15, 0.2) is 60.7 Å². The van der Waals surface area contributed by atoms with Gasteiger partial charge in [0, 0.05) is 13.2 Å². The lowest BCUT2D eigenvalue weighted by atomic mass is 10.0. The van der Waals surface area contributed by atoms with E-state index >= 15 is 0 Å². The summed E-state index contributed by atoms with van der Waals surface area (Å²) in [6.07, 6.45) is -2.00. The first kappa shape index (κ1) is 26.5. The number of carbonyl (C=O) groups is 4. The molecule has 34 heavy (non-hydrogen) atoms. The quantitative estimate of drug-likeness (QED) is 0.415. The molecule has 0 radical (unpaired) electrons. The molecule has 1 heterocycles. The van der Waals surface area contributed by atoms with Crippen LogP contribution in [0.5, 0.6) is 0 Å². The molecule has 3 atom stereocenters. The zero-order valence-electron chi connectivity index (χ0n) is 18.3. The maximum atomic E-state index is 12.0. The van der Waals surface area contributed by atoms with Gasteiger partial charge in [0.2, 0.25) is 12.2 Å². The van der Waals surface area contributed by atoms with E-state index in [4.69, 9.17) is 14.6 Å². The number of aliphatic hydroxyl groups is 1. The van der Waals surface area contributed by atoms with Crippen molar-refractivity contribution in [2.45, 2.75) is 25.0 Å². The predicted molar refractivity (Wildman–Crippen MR) is 119 cm³/mol. The number of piperidine rings is 1. The standard InChI is InChI=1S/C18H14O8.C6H13NO/c19-15(20)13(25-17(23)11-7-3-1-4-8-11)14(16(21)22)26-18(24)12-9-5-2-6-10-12;8-5-6-2-1-3-7-4-6/h1-10,13-14H,(H,19,20)(H,21,22);6-8H,1-5H2/t;6-/m.0/s1. The Hall–Kier alpha value is -3.76. The normalized spacial score (nSPS) is 16.7. The molecule has 1 saturated heterocycles. The Morgan fingerprint density at radius 1 is 0.824 bits per heavy atom. The molecule has 182 valence electrons. The molecule has 10 nitrogen and oxygen atoms in total. The first-order chi connectivity index (χ1) is 16.3. The predicted octanol–water partition coefficient (Wildman–Crippen LogP) is 1.59. The fraction of sp³-hybridized carbons (Fsp3) is 0.333. The fourth-order valence-corrected chi connectivity index (χ4v) is 3.08. The molecule has 0 aromatic heterocycles. The van der Waals surface area contributed by atoms with Crippen LogP contribution in [0, 0.1) is 5.92 Å². The van der Waals surface area contributed by atoms with E-state index in [0.717, 1.165) is 13.1 Å². The van der Waals surface area contributed by atoms with E-state index in [2.05, 4.69) is 5.32 Å². The molecule has 2 aromatic carbocycles. The number of carboxylic acids is 2. The maximum Gasteiger partial charge on any atom is 0.349 e. The molecule has 1 aliphatic heterocycles. The molecule has 0 amide bonds. The highest BCUT2D eigenvalue weighted by atomic mass is 16.6.